The van der Waals surface area contributed by atoms with E-state index in [-0.39, 0.29) is 18.9 Å². The zero-order valence-electron chi connectivity index (χ0n) is 11.7. The Morgan fingerprint density at radius 2 is 1.95 bits per heavy atom. The van der Waals surface area contributed by atoms with Gasteiger partial charge in [-0.15, -0.1) is 0 Å². The third-order valence-corrected chi connectivity index (χ3v) is 3.18. The summed E-state index contributed by atoms with van der Waals surface area (Å²) in [5.74, 6) is -1.34. The van der Waals surface area contributed by atoms with Gasteiger partial charge in [0, 0.05) is 11.6 Å². The lowest BCUT2D eigenvalue weighted by Gasteiger charge is -2.17. The molecular weight excluding hydrogens is 342 g/mol. The monoisotopic (exact) mass is 359 g/mol. The maximum Gasteiger partial charge on any atom is 0.305 e. The van der Waals surface area contributed by atoms with E-state index in [4.69, 9.17) is 14.6 Å². The van der Waals surface area contributed by atoms with Crippen molar-refractivity contribution >= 4 is 27.8 Å². The molecule has 1 atom stereocenters. The summed E-state index contributed by atoms with van der Waals surface area (Å²) in [4.78, 5) is 22.7. The van der Waals surface area contributed by atoms with Crippen molar-refractivity contribution in [1.29, 1.82) is 0 Å². The molecule has 1 amide bonds. The van der Waals surface area contributed by atoms with Gasteiger partial charge in [0.2, 0.25) is 5.91 Å². The average Bonchev–Trinajstić information content (AvgIpc) is 2.43. The van der Waals surface area contributed by atoms with Crippen molar-refractivity contribution < 1.29 is 24.2 Å². The molecule has 1 aromatic rings. The molecule has 6 nitrogen and oxygen atoms in total. The Morgan fingerprint density at radius 3 is 2.52 bits per heavy atom. The molecule has 2 N–H and O–H groups in total. The molecule has 0 aliphatic carbocycles. The second kappa shape index (κ2) is 9.49. The number of aliphatic carboxylic acids is 1. The van der Waals surface area contributed by atoms with Crippen molar-refractivity contribution in [2.75, 3.05) is 26.9 Å². The van der Waals surface area contributed by atoms with E-state index < -0.39 is 12.0 Å². The summed E-state index contributed by atoms with van der Waals surface area (Å²) in [6, 6.07) is 6.54. The van der Waals surface area contributed by atoms with Gasteiger partial charge >= 0.3 is 5.97 Å². The number of carbonyl (C=O) groups excluding carboxylic acids is 1. The van der Waals surface area contributed by atoms with Crippen LogP contribution in [0.15, 0.2) is 28.7 Å². The Balaban J connectivity index is 2.59. The van der Waals surface area contributed by atoms with Crippen LogP contribution in [-0.2, 0) is 19.1 Å². The fraction of sp³-hybridized carbons (Fsp3) is 0.429. The summed E-state index contributed by atoms with van der Waals surface area (Å²) < 4.78 is 10.8. The van der Waals surface area contributed by atoms with Gasteiger partial charge in [0.1, 0.15) is 6.61 Å². The van der Waals surface area contributed by atoms with Crippen LogP contribution in [0.1, 0.15) is 18.0 Å². The highest BCUT2D eigenvalue weighted by Crippen LogP contribution is 2.19. The summed E-state index contributed by atoms with van der Waals surface area (Å²) in [5, 5.41) is 11.6. The summed E-state index contributed by atoms with van der Waals surface area (Å²) in [6.07, 6.45) is -0.189. The minimum Gasteiger partial charge on any atom is -0.481 e. The number of nitrogens with one attached hydrogen (secondary N) is 1. The van der Waals surface area contributed by atoms with E-state index in [2.05, 4.69) is 21.2 Å². The standard InChI is InChI=1S/C14H18BrNO5/c1-20-6-7-21-9-13(17)16-12(8-14(18)19)10-2-4-11(15)5-3-10/h2-5,12H,6-9H2,1H3,(H,16,17)(H,18,19). The van der Waals surface area contributed by atoms with E-state index in [1.807, 2.05) is 0 Å². The number of carboxylic acids is 1. The largest absolute Gasteiger partial charge is 0.481 e. The lowest BCUT2D eigenvalue weighted by Crippen LogP contribution is -2.33. The highest BCUT2D eigenvalue weighted by Gasteiger charge is 2.18. The van der Waals surface area contributed by atoms with Gasteiger partial charge in [0.25, 0.3) is 0 Å². The first kappa shape index (κ1) is 17.6. The summed E-state index contributed by atoms with van der Waals surface area (Å²) in [6.45, 7) is 0.584. The van der Waals surface area contributed by atoms with Crippen molar-refractivity contribution in [2.24, 2.45) is 0 Å². The van der Waals surface area contributed by atoms with Crippen molar-refractivity contribution in [3.8, 4) is 0 Å². The van der Waals surface area contributed by atoms with Crippen LogP contribution in [0.2, 0.25) is 0 Å². The number of methoxy groups -OCH3 is 1. The summed E-state index contributed by atoms with van der Waals surface area (Å²) >= 11 is 3.31. The molecule has 0 radical (unpaired) electrons. The fourth-order valence-electron chi connectivity index (χ4n) is 1.67. The second-order valence-electron chi connectivity index (χ2n) is 4.31. The third kappa shape index (κ3) is 7.22. The molecule has 116 valence electrons. The van der Waals surface area contributed by atoms with Crippen LogP contribution in [0.4, 0.5) is 0 Å². The zero-order valence-corrected chi connectivity index (χ0v) is 13.3. The summed E-state index contributed by atoms with van der Waals surface area (Å²) in [7, 11) is 1.54. The number of halogens is 1. The first-order valence-electron chi connectivity index (χ1n) is 6.36. The van der Waals surface area contributed by atoms with Crippen LogP contribution in [0.5, 0.6) is 0 Å². The quantitative estimate of drug-likeness (QED) is 0.656. The molecule has 1 unspecified atom stereocenters. The number of hydrogen-bond donors (Lipinski definition) is 2. The van der Waals surface area contributed by atoms with Crippen LogP contribution in [0, 0.1) is 0 Å². The van der Waals surface area contributed by atoms with Gasteiger partial charge in [-0.1, -0.05) is 28.1 Å². The van der Waals surface area contributed by atoms with Gasteiger partial charge < -0.3 is 19.9 Å². The topological polar surface area (TPSA) is 84.9 Å². The van der Waals surface area contributed by atoms with E-state index in [0.29, 0.717) is 13.2 Å². The Morgan fingerprint density at radius 1 is 1.29 bits per heavy atom. The second-order valence-corrected chi connectivity index (χ2v) is 5.23. The highest BCUT2D eigenvalue weighted by atomic mass is 79.9. The van der Waals surface area contributed by atoms with E-state index in [1.165, 1.54) is 0 Å². The molecule has 1 rings (SSSR count). The SMILES string of the molecule is COCCOCC(=O)NC(CC(=O)O)c1ccc(Br)cc1. The molecule has 0 aliphatic heterocycles. The number of rotatable bonds is 9. The van der Waals surface area contributed by atoms with Gasteiger partial charge in [-0.2, -0.15) is 0 Å². The Kier molecular flexibility index (Phi) is 7.96. The van der Waals surface area contributed by atoms with Gasteiger partial charge in [0.15, 0.2) is 0 Å². The number of ether oxygens (including phenoxy) is 2. The van der Waals surface area contributed by atoms with Crippen molar-refractivity contribution in [3.05, 3.63) is 34.3 Å². The maximum absolute atomic E-state index is 11.8. The number of carbonyl (C=O) groups is 2. The average molecular weight is 360 g/mol. The molecule has 0 fully saturated rings. The molecule has 0 aromatic heterocycles. The molecule has 7 heteroatoms. The first-order valence-corrected chi connectivity index (χ1v) is 7.15. The third-order valence-electron chi connectivity index (χ3n) is 2.65. The molecule has 0 saturated heterocycles. The maximum atomic E-state index is 11.8. The molecule has 0 spiro atoms. The molecule has 1 aromatic carbocycles. The van der Waals surface area contributed by atoms with E-state index >= 15 is 0 Å². The van der Waals surface area contributed by atoms with Gasteiger partial charge in [-0.3, -0.25) is 9.59 Å². The minimum absolute atomic E-state index is 0.129. The van der Waals surface area contributed by atoms with Crippen LogP contribution in [0.25, 0.3) is 0 Å². The minimum atomic E-state index is -0.983. The zero-order chi connectivity index (χ0) is 15.7. The van der Waals surface area contributed by atoms with Gasteiger partial charge in [-0.05, 0) is 17.7 Å². The summed E-state index contributed by atoms with van der Waals surface area (Å²) in [5.41, 5.74) is 0.728. The van der Waals surface area contributed by atoms with E-state index in [1.54, 1.807) is 31.4 Å². The smallest absolute Gasteiger partial charge is 0.305 e. The highest BCUT2D eigenvalue weighted by molar-refractivity contribution is 9.10. The van der Waals surface area contributed by atoms with E-state index in [0.717, 1.165) is 10.0 Å². The lowest BCUT2D eigenvalue weighted by atomic mass is 10.0. The molecule has 0 heterocycles. The lowest BCUT2D eigenvalue weighted by molar-refractivity contribution is -0.138. The fourth-order valence-corrected chi connectivity index (χ4v) is 1.93. The van der Waals surface area contributed by atoms with Crippen LogP contribution >= 0.6 is 15.9 Å². The molecule has 0 saturated carbocycles. The van der Waals surface area contributed by atoms with Crippen molar-refractivity contribution in [1.82, 2.24) is 5.32 Å². The number of hydrogen-bond acceptors (Lipinski definition) is 4. The van der Waals surface area contributed by atoms with Gasteiger partial charge in [-0.25, -0.2) is 0 Å². The van der Waals surface area contributed by atoms with Gasteiger partial charge in [0.05, 0.1) is 25.7 Å². The predicted molar refractivity (Wildman–Crippen MR) is 80.0 cm³/mol. The van der Waals surface area contributed by atoms with Crippen LogP contribution in [0.3, 0.4) is 0 Å². The molecule has 0 bridgehead atoms. The van der Waals surface area contributed by atoms with Crippen LogP contribution in [-0.4, -0.2) is 43.9 Å². The van der Waals surface area contributed by atoms with Crippen LogP contribution < -0.4 is 5.32 Å². The number of amides is 1. The first-order chi connectivity index (χ1) is 10.0. The normalized spacial score (nSPS) is 11.9. The Labute approximate surface area is 131 Å². The van der Waals surface area contributed by atoms with E-state index in [9.17, 15) is 9.59 Å². The Bertz CT molecular complexity index is 463. The number of benzene rings is 1. The molecular formula is C14H18BrNO5. The predicted octanol–water partition coefficient (Wildman–Crippen LogP) is 1.74. The Hall–Kier alpha value is -1.44. The van der Waals surface area contributed by atoms with Crippen molar-refractivity contribution in [3.63, 3.8) is 0 Å². The van der Waals surface area contributed by atoms with Crippen molar-refractivity contribution in [2.45, 2.75) is 12.5 Å². The number of carboxylic acid groups (broad SMARTS) is 1. The molecule has 21 heavy (non-hydrogen) atoms. The molecule has 0 aliphatic rings.